The maximum atomic E-state index is 5.59. The molecule has 1 aliphatic carbocycles. The molecule has 2 aromatic heterocycles. The van der Waals surface area contributed by atoms with Gasteiger partial charge in [-0.05, 0) is 37.8 Å². The van der Waals surface area contributed by atoms with Gasteiger partial charge in [0.15, 0.2) is 11.5 Å². The van der Waals surface area contributed by atoms with Gasteiger partial charge >= 0.3 is 0 Å². The first-order valence-corrected chi connectivity index (χ1v) is 9.64. The molecule has 26 heavy (non-hydrogen) atoms. The number of aromatic nitrogens is 2. The molecule has 6 heteroatoms. The van der Waals surface area contributed by atoms with Crippen LogP contribution < -0.4 is 14.4 Å². The van der Waals surface area contributed by atoms with Crippen molar-refractivity contribution in [3.8, 4) is 11.5 Å². The lowest BCUT2D eigenvalue weighted by atomic mass is 10.1. The number of methoxy groups -OCH3 is 2. The molecular weight excluding hydrogens is 346 g/mol. The van der Waals surface area contributed by atoms with Gasteiger partial charge < -0.3 is 14.4 Å². The summed E-state index contributed by atoms with van der Waals surface area (Å²) in [7, 11) is 5.43. The topological polar surface area (TPSA) is 47.5 Å². The predicted octanol–water partition coefficient (Wildman–Crippen LogP) is 4.14. The van der Waals surface area contributed by atoms with Crippen LogP contribution in [0.25, 0.3) is 10.2 Å². The van der Waals surface area contributed by atoms with Gasteiger partial charge in [-0.3, -0.25) is 0 Å². The number of nitrogens with zero attached hydrogens (tertiary/aromatic N) is 3. The van der Waals surface area contributed by atoms with Crippen LogP contribution in [0.5, 0.6) is 11.5 Å². The van der Waals surface area contributed by atoms with E-state index in [0.29, 0.717) is 6.54 Å². The number of para-hydroxylation sites is 1. The first kappa shape index (κ1) is 17.1. The number of hydrogen-bond donors (Lipinski definition) is 0. The van der Waals surface area contributed by atoms with E-state index in [-0.39, 0.29) is 0 Å². The third-order valence-corrected chi connectivity index (χ3v) is 6.10. The maximum Gasteiger partial charge on any atom is 0.165 e. The summed E-state index contributed by atoms with van der Waals surface area (Å²) in [5.41, 5.74) is 2.52. The van der Waals surface area contributed by atoms with Crippen molar-refractivity contribution in [2.24, 2.45) is 0 Å². The molecule has 5 nitrogen and oxygen atoms in total. The Balaban J connectivity index is 1.77. The molecule has 2 heterocycles. The molecule has 0 saturated carbocycles. The molecule has 0 spiro atoms. The third kappa shape index (κ3) is 2.78. The van der Waals surface area contributed by atoms with Gasteiger partial charge in [0, 0.05) is 24.0 Å². The zero-order valence-corrected chi connectivity index (χ0v) is 16.4. The first-order valence-electron chi connectivity index (χ1n) is 8.82. The first-order chi connectivity index (χ1) is 12.6. The molecular formula is C20H23N3O2S. The monoisotopic (exact) mass is 369 g/mol. The fourth-order valence-electron chi connectivity index (χ4n) is 3.77. The second-order valence-electron chi connectivity index (χ2n) is 6.64. The van der Waals surface area contributed by atoms with E-state index in [1.54, 1.807) is 14.2 Å². The lowest BCUT2D eigenvalue weighted by Crippen LogP contribution is -2.19. The zero-order valence-electron chi connectivity index (χ0n) is 15.6. The third-order valence-electron chi connectivity index (χ3n) is 4.91. The number of aryl methyl sites for hydroxylation is 3. The van der Waals surface area contributed by atoms with Crippen molar-refractivity contribution < 1.29 is 9.47 Å². The number of thiophene rings is 1. The Morgan fingerprint density at radius 1 is 1.15 bits per heavy atom. The average Bonchev–Trinajstić information content (AvgIpc) is 3.21. The molecule has 0 saturated heterocycles. The lowest BCUT2D eigenvalue weighted by Gasteiger charge is -2.22. The normalized spacial score (nSPS) is 13.1. The molecule has 0 bridgehead atoms. The van der Waals surface area contributed by atoms with Crippen molar-refractivity contribution in [3.05, 3.63) is 40.0 Å². The van der Waals surface area contributed by atoms with E-state index < -0.39 is 0 Å². The van der Waals surface area contributed by atoms with Gasteiger partial charge in [-0.15, -0.1) is 11.3 Å². The van der Waals surface area contributed by atoms with Crippen molar-refractivity contribution >= 4 is 27.4 Å². The van der Waals surface area contributed by atoms with Crippen molar-refractivity contribution in [1.82, 2.24) is 9.97 Å². The Morgan fingerprint density at radius 3 is 2.77 bits per heavy atom. The number of hydrogen-bond acceptors (Lipinski definition) is 6. The maximum absolute atomic E-state index is 5.59. The van der Waals surface area contributed by atoms with Crippen LogP contribution in [-0.4, -0.2) is 31.2 Å². The van der Waals surface area contributed by atoms with E-state index >= 15 is 0 Å². The minimum Gasteiger partial charge on any atom is -0.493 e. The molecule has 1 aromatic carbocycles. The van der Waals surface area contributed by atoms with E-state index in [9.17, 15) is 0 Å². The molecule has 1 aliphatic rings. The summed E-state index contributed by atoms with van der Waals surface area (Å²) in [6, 6.07) is 5.98. The quantitative estimate of drug-likeness (QED) is 0.676. The smallest absolute Gasteiger partial charge is 0.165 e. The van der Waals surface area contributed by atoms with Gasteiger partial charge in [0.2, 0.25) is 0 Å². The van der Waals surface area contributed by atoms with Crippen molar-refractivity contribution in [2.75, 3.05) is 26.2 Å². The van der Waals surface area contributed by atoms with Crippen LogP contribution in [0.1, 0.15) is 28.2 Å². The molecule has 0 radical (unpaired) electrons. The predicted molar refractivity (Wildman–Crippen MR) is 106 cm³/mol. The largest absolute Gasteiger partial charge is 0.493 e. The van der Waals surface area contributed by atoms with Crippen molar-refractivity contribution in [3.63, 3.8) is 0 Å². The summed E-state index contributed by atoms with van der Waals surface area (Å²) >= 11 is 1.83. The standard InChI is InChI=1S/C20H23N3O2S/c1-12-21-19(17-14-8-6-10-16(14)26-20(17)22-12)23(2)11-13-7-5-9-15(24-3)18(13)25-4/h5,7,9H,6,8,10-11H2,1-4H3. The molecule has 0 amide bonds. The fraction of sp³-hybridized carbons (Fsp3) is 0.400. The highest BCUT2D eigenvalue weighted by atomic mass is 32.1. The highest BCUT2D eigenvalue weighted by molar-refractivity contribution is 7.19. The highest BCUT2D eigenvalue weighted by Crippen LogP contribution is 2.41. The second kappa shape index (κ2) is 6.76. The number of rotatable bonds is 5. The lowest BCUT2D eigenvalue weighted by molar-refractivity contribution is 0.351. The van der Waals surface area contributed by atoms with E-state index in [2.05, 4.69) is 23.0 Å². The summed E-state index contributed by atoms with van der Waals surface area (Å²) < 4.78 is 11.0. The van der Waals surface area contributed by atoms with Gasteiger partial charge in [-0.2, -0.15) is 0 Å². The highest BCUT2D eigenvalue weighted by Gasteiger charge is 2.24. The van der Waals surface area contributed by atoms with E-state index in [1.165, 1.54) is 28.7 Å². The van der Waals surface area contributed by atoms with Crippen LogP contribution >= 0.6 is 11.3 Å². The number of benzene rings is 1. The van der Waals surface area contributed by atoms with Crippen LogP contribution in [-0.2, 0) is 19.4 Å². The molecule has 0 unspecified atom stereocenters. The van der Waals surface area contributed by atoms with Gasteiger partial charge in [-0.1, -0.05) is 12.1 Å². The van der Waals surface area contributed by atoms with Crippen molar-refractivity contribution in [1.29, 1.82) is 0 Å². The Hall–Kier alpha value is -2.34. The molecule has 4 rings (SSSR count). The zero-order chi connectivity index (χ0) is 18.3. The Morgan fingerprint density at radius 2 is 2.00 bits per heavy atom. The van der Waals surface area contributed by atoms with Gasteiger partial charge in [0.1, 0.15) is 16.5 Å². The number of ether oxygens (including phenoxy) is 2. The summed E-state index contributed by atoms with van der Waals surface area (Å²) in [5.74, 6) is 3.35. The van der Waals surface area contributed by atoms with E-state index in [1.807, 2.05) is 30.4 Å². The average molecular weight is 369 g/mol. The molecule has 0 N–H and O–H groups in total. The molecule has 0 atom stereocenters. The summed E-state index contributed by atoms with van der Waals surface area (Å²) in [6.45, 7) is 2.66. The molecule has 3 aromatic rings. The minimum atomic E-state index is 0.691. The summed E-state index contributed by atoms with van der Waals surface area (Å²) in [4.78, 5) is 14.3. The Labute approximate surface area is 157 Å². The number of anilines is 1. The Bertz CT molecular complexity index is 967. The van der Waals surface area contributed by atoms with Crippen molar-refractivity contribution in [2.45, 2.75) is 32.7 Å². The van der Waals surface area contributed by atoms with E-state index in [0.717, 1.165) is 40.0 Å². The van der Waals surface area contributed by atoms with Crippen LogP contribution in [0, 0.1) is 6.92 Å². The van der Waals surface area contributed by atoms with Gasteiger partial charge in [0.25, 0.3) is 0 Å². The Kier molecular flexibility index (Phi) is 4.44. The number of fused-ring (bicyclic) bond motifs is 3. The summed E-state index contributed by atoms with van der Waals surface area (Å²) in [5, 5.41) is 1.23. The van der Waals surface area contributed by atoms with E-state index in [4.69, 9.17) is 14.5 Å². The molecule has 0 fully saturated rings. The van der Waals surface area contributed by atoms with Crippen LogP contribution in [0.2, 0.25) is 0 Å². The van der Waals surface area contributed by atoms with Crippen LogP contribution in [0.4, 0.5) is 5.82 Å². The molecule has 0 aliphatic heterocycles. The minimum absolute atomic E-state index is 0.691. The van der Waals surface area contributed by atoms with Gasteiger partial charge in [-0.25, -0.2) is 9.97 Å². The molecule has 136 valence electrons. The summed E-state index contributed by atoms with van der Waals surface area (Å²) in [6.07, 6.45) is 3.53. The van der Waals surface area contributed by atoms with Crippen LogP contribution in [0.3, 0.4) is 0 Å². The second-order valence-corrected chi connectivity index (χ2v) is 7.72. The SMILES string of the molecule is COc1cccc(CN(C)c2nc(C)nc3sc4c(c23)CCC4)c1OC. The van der Waals surface area contributed by atoms with Gasteiger partial charge in [0.05, 0.1) is 19.6 Å². The fourth-order valence-corrected chi connectivity index (χ4v) is 5.07. The van der Waals surface area contributed by atoms with Crippen LogP contribution in [0.15, 0.2) is 18.2 Å².